The molecule has 0 saturated heterocycles. The van der Waals surface area contributed by atoms with Gasteiger partial charge in [-0.2, -0.15) is 0 Å². The van der Waals surface area contributed by atoms with Crippen LogP contribution in [0, 0.1) is 0 Å². The lowest BCUT2D eigenvalue weighted by molar-refractivity contribution is 0.579. The van der Waals surface area contributed by atoms with Crippen LogP contribution in [0.2, 0.25) is 0 Å². The third-order valence-corrected chi connectivity index (χ3v) is 4.44. The Kier molecular flexibility index (Phi) is 4.76. The van der Waals surface area contributed by atoms with Crippen molar-refractivity contribution in [1.29, 1.82) is 0 Å². The quantitative estimate of drug-likeness (QED) is 0.632. The van der Waals surface area contributed by atoms with Crippen LogP contribution in [-0.4, -0.2) is 15.0 Å². The number of hydrogen-bond acceptors (Lipinski definition) is 3. The van der Waals surface area contributed by atoms with E-state index in [0.717, 1.165) is 24.1 Å². The molecule has 2 aromatic rings. The highest BCUT2D eigenvalue weighted by Crippen LogP contribution is 2.09. The van der Waals surface area contributed by atoms with Crippen molar-refractivity contribution in [2.24, 2.45) is 0 Å². The molecule has 0 fully saturated rings. The molecule has 20 heavy (non-hydrogen) atoms. The molecule has 0 aliphatic carbocycles. The summed E-state index contributed by atoms with van der Waals surface area (Å²) in [4.78, 5) is 0.299. The molecule has 0 aliphatic heterocycles. The molecule has 0 radical (unpaired) electrons. The van der Waals surface area contributed by atoms with Crippen LogP contribution in [0.4, 0.5) is 5.69 Å². The number of aryl methyl sites for hydroxylation is 1. The maximum absolute atomic E-state index is 12.0. The summed E-state index contributed by atoms with van der Waals surface area (Å²) in [5, 5.41) is 0. The zero-order valence-corrected chi connectivity index (χ0v) is 11.9. The van der Waals surface area contributed by atoms with Crippen molar-refractivity contribution in [3.63, 3.8) is 0 Å². The van der Waals surface area contributed by atoms with Crippen LogP contribution in [0.15, 0.2) is 59.5 Å². The highest BCUT2D eigenvalue weighted by molar-refractivity contribution is 7.89. The molecule has 0 spiro atoms. The largest absolute Gasteiger partial charge is 0.399 e. The van der Waals surface area contributed by atoms with Crippen molar-refractivity contribution in [3.8, 4) is 0 Å². The Morgan fingerprint density at radius 1 is 0.950 bits per heavy atom. The normalized spacial score (nSPS) is 11.4. The van der Waals surface area contributed by atoms with Gasteiger partial charge in [-0.05, 0) is 42.7 Å². The second-order valence-electron chi connectivity index (χ2n) is 4.56. The van der Waals surface area contributed by atoms with Crippen molar-refractivity contribution in [3.05, 3.63) is 60.2 Å². The predicted octanol–water partition coefficient (Wildman–Crippen LogP) is 2.18. The Labute approximate surface area is 119 Å². The van der Waals surface area contributed by atoms with Crippen LogP contribution in [0.25, 0.3) is 0 Å². The highest BCUT2D eigenvalue weighted by atomic mass is 32.2. The number of benzene rings is 2. The summed E-state index contributed by atoms with van der Waals surface area (Å²) in [6.45, 7) is 0.418. The lowest BCUT2D eigenvalue weighted by Crippen LogP contribution is -2.25. The summed E-state index contributed by atoms with van der Waals surface area (Å²) >= 11 is 0. The molecule has 0 aliphatic rings. The van der Waals surface area contributed by atoms with Crippen molar-refractivity contribution in [1.82, 2.24) is 4.72 Å². The summed E-state index contributed by atoms with van der Waals surface area (Å²) in [7, 11) is -3.39. The number of rotatable bonds is 6. The van der Waals surface area contributed by atoms with Gasteiger partial charge in [-0.1, -0.05) is 30.3 Å². The maximum atomic E-state index is 12.0. The molecule has 106 valence electrons. The van der Waals surface area contributed by atoms with Gasteiger partial charge >= 0.3 is 0 Å². The van der Waals surface area contributed by atoms with E-state index in [-0.39, 0.29) is 0 Å². The third-order valence-electron chi connectivity index (χ3n) is 2.97. The van der Waals surface area contributed by atoms with Crippen LogP contribution < -0.4 is 10.5 Å². The lowest BCUT2D eigenvalue weighted by Gasteiger charge is -2.06. The van der Waals surface area contributed by atoms with Gasteiger partial charge in [0.1, 0.15) is 0 Å². The van der Waals surface area contributed by atoms with Crippen LogP contribution in [0.3, 0.4) is 0 Å². The van der Waals surface area contributed by atoms with Gasteiger partial charge in [-0.3, -0.25) is 0 Å². The first-order valence-corrected chi connectivity index (χ1v) is 7.95. The van der Waals surface area contributed by atoms with E-state index in [1.54, 1.807) is 30.3 Å². The van der Waals surface area contributed by atoms with Gasteiger partial charge in [0.25, 0.3) is 0 Å². The van der Waals surface area contributed by atoms with Crippen molar-refractivity contribution < 1.29 is 8.42 Å². The fraction of sp³-hybridized carbons (Fsp3) is 0.200. The standard InChI is InChI=1S/C15H18N2O2S/c16-14-10-8-13(9-11-14)5-4-12-17-20(18,19)15-6-2-1-3-7-15/h1-3,6-11,17H,4-5,12,16H2. The van der Waals surface area contributed by atoms with Gasteiger partial charge in [0, 0.05) is 12.2 Å². The van der Waals surface area contributed by atoms with Gasteiger partial charge in [-0.25, -0.2) is 13.1 Å². The van der Waals surface area contributed by atoms with Gasteiger partial charge in [-0.15, -0.1) is 0 Å². The number of nitrogens with one attached hydrogen (secondary N) is 1. The number of sulfonamides is 1. The Balaban J connectivity index is 1.83. The molecule has 0 aromatic heterocycles. The molecule has 0 bridgehead atoms. The molecule has 0 unspecified atom stereocenters. The average molecular weight is 290 g/mol. The first-order chi connectivity index (χ1) is 9.58. The van der Waals surface area contributed by atoms with E-state index < -0.39 is 10.0 Å². The molecule has 0 atom stereocenters. The Hall–Kier alpha value is -1.85. The number of hydrogen-bond donors (Lipinski definition) is 2. The lowest BCUT2D eigenvalue weighted by atomic mass is 10.1. The zero-order valence-electron chi connectivity index (χ0n) is 11.1. The molecule has 4 nitrogen and oxygen atoms in total. The maximum Gasteiger partial charge on any atom is 0.240 e. The van der Waals surface area contributed by atoms with Gasteiger partial charge in [0.15, 0.2) is 0 Å². The van der Waals surface area contributed by atoms with Crippen molar-refractivity contribution in [2.45, 2.75) is 17.7 Å². The number of nitrogens with two attached hydrogens (primary N) is 1. The number of anilines is 1. The van der Waals surface area contributed by atoms with Gasteiger partial charge in [0.05, 0.1) is 4.90 Å². The van der Waals surface area contributed by atoms with E-state index in [2.05, 4.69) is 4.72 Å². The molecule has 3 N–H and O–H groups in total. The molecular formula is C15H18N2O2S. The molecular weight excluding hydrogens is 272 g/mol. The fourth-order valence-corrected chi connectivity index (χ4v) is 2.96. The van der Waals surface area contributed by atoms with Crippen LogP contribution >= 0.6 is 0 Å². The molecule has 2 aromatic carbocycles. The predicted molar refractivity (Wildman–Crippen MR) is 80.8 cm³/mol. The molecule has 0 saturated carbocycles. The minimum absolute atomic E-state index is 0.299. The molecule has 5 heteroatoms. The Morgan fingerprint density at radius 2 is 1.60 bits per heavy atom. The number of nitrogen functional groups attached to an aromatic ring is 1. The smallest absolute Gasteiger partial charge is 0.240 e. The minimum atomic E-state index is -3.39. The van der Waals surface area contributed by atoms with Gasteiger partial charge in [0.2, 0.25) is 10.0 Å². The van der Waals surface area contributed by atoms with E-state index in [1.807, 2.05) is 24.3 Å². The van der Waals surface area contributed by atoms with Crippen LogP contribution in [0.5, 0.6) is 0 Å². The van der Waals surface area contributed by atoms with Gasteiger partial charge < -0.3 is 5.73 Å². The summed E-state index contributed by atoms with van der Waals surface area (Å²) < 4.78 is 26.5. The second kappa shape index (κ2) is 6.54. The van der Waals surface area contributed by atoms with Crippen molar-refractivity contribution in [2.75, 3.05) is 12.3 Å². The summed E-state index contributed by atoms with van der Waals surface area (Å²) in [5.41, 5.74) is 7.50. The second-order valence-corrected chi connectivity index (χ2v) is 6.32. The molecule has 0 amide bonds. The average Bonchev–Trinajstić information content (AvgIpc) is 2.46. The third kappa shape index (κ3) is 4.08. The molecule has 0 heterocycles. The Morgan fingerprint density at radius 3 is 2.25 bits per heavy atom. The zero-order chi connectivity index (χ0) is 14.4. The van der Waals surface area contributed by atoms with E-state index in [0.29, 0.717) is 11.4 Å². The SMILES string of the molecule is Nc1ccc(CCCNS(=O)(=O)c2ccccc2)cc1. The first kappa shape index (κ1) is 14.6. The minimum Gasteiger partial charge on any atom is -0.399 e. The van der Waals surface area contributed by atoms with E-state index in [1.165, 1.54) is 0 Å². The summed E-state index contributed by atoms with van der Waals surface area (Å²) in [6.07, 6.45) is 1.56. The monoisotopic (exact) mass is 290 g/mol. The Bertz CT molecular complexity index is 637. The highest BCUT2D eigenvalue weighted by Gasteiger charge is 2.11. The summed E-state index contributed by atoms with van der Waals surface area (Å²) in [6, 6.07) is 16.0. The van der Waals surface area contributed by atoms with E-state index >= 15 is 0 Å². The molecule has 2 rings (SSSR count). The van der Waals surface area contributed by atoms with Crippen molar-refractivity contribution >= 4 is 15.7 Å². The fourth-order valence-electron chi connectivity index (χ4n) is 1.87. The van der Waals surface area contributed by atoms with Crippen LogP contribution in [-0.2, 0) is 16.4 Å². The topological polar surface area (TPSA) is 72.2 Å². The van der Waals surface area contributed by atoms with E-state index in [4.69, 9.17) is 5.73 Å². The van der Waals surface area contributed by atoms with E-state index in [9.17, 15) is 8.42 Å². The first-order valence-electron chi connectivity index (χ1n) is 6.47. The summed E-state index contributed by atoms with van der Waals surface area (Å²) in [5.74, 6) is 0. The van der Waals surface area contributed by atoms with Crippen LogP contribution in [0.1, 0.15) is 12.0 Å².